The third-order valence-electron chi connectivity index (χ3n) is 5.19. The molecule has 3 aromatic carbocycles. The molecule has 3 aromatic rings. The fourth-order valence-corrected chi connectivity index (χ4v) is 3.55. The monoisotopic (exact) mass is 468 g/mol. The average Bonchev–Trinajstić information content (AvgIpc) is 2.83. The highest BCUT2D eigenvalue weighted by Crippen LogP contribution is 2.25. The van der Waals surface area contributed by atoms with Gasteiger partial charge in [-0.1, -0.05) is 72.3 Å². The van der Waals surface area contributed by atoms with Gasteiger partial charge in [0.15, 0.2) is 0 Å². The smallest absolute Gasteiger partial charge is 0.287 e. The predicted molar refractivity (Wildman–Crippen MR) is 138 cm³/mol. The van der Waals surface area contributed by atoms with Crippen LogP contribution in [0.2, 0.25) is 0 Å². The van der Waals surface area contributed by atoms with Crippen molar-refractivity contribution < 1.29 is 14.4 Å². The number of aliphatic imine (C=N–C) groups is 1. The molecule has 35 heavy (non-hydrogen) atoms. The van der Waals surface area contributed by atoms with E-state index in [1.807, 2.05) is 49.4 Å². The number of Topliss-reactive ketones (excluding diaryl/α,β-unsaturated/α-hetero) is 1. The molecule has 0 aromatic heterocycles. The topological polar surface area (TPSA) is 128 Å². The Labute approximate surface area is 204 Å². The quantitative estimate of drug-likeness (QED) is 0.328. The van der Waals surface area contributed by atoms with E-state index < -0.39 is 23.6 Å². The molecule has 7 heteroatoms. The molecule has 0 bridgehead atoms. The van der Waals surface area contributed by atoms with Crippen LogP contribution in [0.4, 0.5) is 5.69 Å². The molecule has 2 amide bonds. The molecule has 0 aliphatic rings. The maximum Gasteiger partial charge on any atom is 0.287 e. The summed E-state index contributed by atoms with van der Waals surface area (Å²) in [5.41, 5.74) is 15.8. The molecule has 0 aliphatic heterocycles. The standard InChI is InChI=1S/C28H28N4O3/c1-18-8-6-11-21(14-18)22-12-7-13-23(17-22)31-25(15-19(2)29)28(35)32-24(26(33)27(30)34)16-20-9-4-3-5-10-20/h3-15,17,24H,16,29H2,1-2H3,(H2,30,34)(H,32,35)/b19-15-,31-25?. The summed E-state index contributed by atoms with van der Waals surface area (Å²) in [6, 6.07) is 23.4. The van der Waals surface area contributed by atoms with Crippen LogP contribution in [0.5, 0.6) is 0 Å². The summed E-state index contributed by atoms with van der Waals surface area (Å²) in [6.07, 6.45) is 1.53. The Morgan fingerprint density at radius 2 is 1.57 bits per heavy atom. The first kappa shape index (κ1) is 25.1. The van der Waals surface area contributed by atoms with Crippen LogP contribution in [-0.4, -0.2) is 29.4 Å². The number of ketones is 1. The van der Waals surface area contributed by atoms with Gasteiger partial charge in [-0.3, -0.25) is 14.4 Å². The number of amides is 2. The van der Waals surface area contributed by atoms with Crippen LogP contribution in [0.15, 0.2) is 95.6 Å². The Morgan fingerprint density at radius 3 is 2.20 bits per heavy atom. The van der Waals surface area contributed by atoms with Gasteiger partial charge >= 0.3 is 0 Å². The van der Waals surface area contributed by atoms with E-state index in [1.165, 1.54) is 6.08 Å². The Balaban J connectivity index is 1.92. The molecule has 5 N–H and O–H groups in total. The van der Waals surface area contributed by atoms with Crippen molar-refractivity contribution in [1.82, 2.24) is 5.32 Å². The second kappa shape index (κ2) is 11.6. The first-order chi connectivity index (χ1) is 16.7. The van der Waals surface area contributed by atoms with Crippen molar-refractivity contribution in [3.8, 4) is 11.1 Å². The van der Waals surface area contributed by atoms with Crippen molar-refractivity contribution >= 4 is 29.0 Å². The summed E-state index contributed by atoms with van der Waals surface area (Å²) in [6.45, 7) is 3.64. The zero-order chi connectivity index (χ0) is 25.4. The maximum atomic E-state index is 13.2. The van der Waals surface area contributed by atoms with E-state index in [4.69, 9.17) is 11.5 Å². The average molecular weight is 469 g/mol. The van der Waals surface area contributed by atoms with E-state index >= 15 is 0 Å². The number of nitrogens with two attached hydrogens (primary N) is 2. The van der Waals surface area contributed by atoms with Crippen LogP contribution in [0, 0.1) is 6.92 Å². The van der Waals surface area contributed by atoms with E-state index in [0.29, 0.717) is 11.4 Å². The van der Waals surface area contributed by atoms with Gasteiger partial charge in [0.2, 0.25) is 5.78 Å². The molecule has 1 atom stereocenters. The molecule has 0 fully saturated rings. The molecule has 7 nitrogen and oxygen atoms in total. The van der Waals surface area contributed by atoms with Crippen molar-refractivity contribution in [2.24, 2.45) is 16.5 Å². The number of nitrogens with one attached hydrogen (secondary N) is 1. The molecule has 0 radical (unpaired) electrons. The van der Waals surface area contributed by atoms with E-state index in [2.05, 4.69) is 16.4 Å². The predicted octanol–water partition coefficient (Wildman–Crippen LogP) is 3.38. The van der Waals surface area contributed by atoms with Gasteiger partial charge in [0.05, 0.1) is 5.69 Å². The van der Waals surface area contributed by atoms with Gasteiger partial charge < -0.3 is 16.8 Å². The van der Waals surface area contributed by atoms with Crippen molar-refractivity contribution in [3.05, 3.63) is 102 Å². The van der Waals surface area contributed by atoms with Crippen LogP contribution in [0.1, 0.15) is 18.1 Å². The third kappa shape index (κ3) is 7.23. The lowest BCUT2D eigenvalue weighted by molar-refractivity contribution is -0.137. The molecule has 0 saturated carbocycles. The molecule has 0 heterocycles. The first-order valence-electron chi connectivity index (χ1n) is 11.1. The van der Waals surface area contributed by atoms with Gasteiger partial charge in [-0.05, 0) is 48.7 Å². The van der Waals surface area contributed by atoms with Crippen LogP contribution >= 0.6 is 0 Å². The summed E-state index contributed by atoms with van der Waals surface area (Å²) in [5, 5.41) is 2.61. The summed E-state index contributed by atoms with van der Waals surface area (Å²) in [4.78, 5) is 41.7. The minimum Gasteiger partial charge on any atom is -0.402 e. The minimum atomic E-state index is -1.14. The number of benzene rings is 3. The van der Waals surface area contributed by atoms with E-state index in [9.17, 15) is 14.4 Å². The van der Waals surface area contributed by atoms with Gasteiger partial charge in [-0.15, -0.1) is 0 Å². The summed E-state index contributed by atoms with van der Waals surface area (Å²) in [7, 11) is 0. The lowest BCUT2D eigenvalue weighted by Crippen LogP contribution is -2.49. The number of hydrogen-bond acceptors (Lipinski definition) is 5. The second-order valence-electron chi connectivity index (χ2n) is 8.25. The molecular weight excluding hydrogens is 440 g/mol. The third-order valence-corrected chi connectivity index (χ3v) is 5.19. The number of rotatable bonds is 9. The SMILES string of the molecule is C/C(N)=C/C(=Nc1cccc(-c2cccc(C)c2)c1)C(=O)NC(Cc1ccccc1)C(=O)C(N)=O. The number of allylic oxidation sites excluding steroid dienone is 1. The summed E-state index contributed by atoms with van der Waals surface area (Å²) in [5.74, 6) is -2.66. The Morgan fingerprint density at radius 1 is 0.914 bits per heavy atom. The largest absolute Gasteiger partial charge is 0.402 e. The van der Waals surface area contributed by atoms with Crippen molar-refractivity contribution in [3.63, 3.8) is 0 Å². The number of carbonyl (C=O) groups excluding carboxylic acids is 3. The molecule has 3 rings (SSSR count). The Bertz CT molecular complexity index is 1290. The normalized spacial score (nSPS) is 12.6. The molecule has 0 saturated heterocycles. The molecule has 0 aliphatic carbocycles. The van der Waals surface area contributed by atoms with Gasteiger partial charge in [-0.25, -0.2) is 4.99 Å². The highest BCUT2D eigenvalue weighted by atomic mass is 16.2. The summed E-state index contributed by atoms with van der Waals surface area (Å²) < 4.78 is 0. The Kier molecular flexibility index (Phi) is 8.29. The van der Waals surface area contributed by atoms with Gasteiger partial charge in [-0.2, -0.15) is 0 Å². The highest BCUT2D eigenvalue weighted by Gasteiger charge is 2.26. The van der Waals surface area contributed by atoms with Gasteiger partial charge in [0, 0.05) is 12.1 Å². The molecule has 1 unspecified atom stereocenters. The van der Waals surface area contributed by atoms with Crippen molar-refractivity contribution in [2.45, 2.75) is 26.3 Å². The maximum absolute atomic E-state index is 13.2. The first-order valence-corrected chi connectivity index (χ1v) is 11.1. The van der Waals surface area contributed by atoms with Crippen molar-refractivity contribution in [2.75, 3.05) is 0 Å². The summed E-state index contributed by atoms with van der Waals surface area (Å²) >= 11 is 0. The van der Waals surface area contributed by atoms with E-state index in [-0.39, 0.29) is 12.1 Å². The number of hydrogen-bond donors (Lipinski definition) is 3. The zero-order valence-electron chi connectivity index (χ0n) is 19.7. The molecule has 0 spiro atoms. The minimum absolute atomic E-state index is 0.00160. The number of carbonyl (C=O) groups is 3. The second-order valence-corrected chi connectivity index (χ2v) is 8.25. The van der Waals surface area contributed by atoms with E-state index in [0.717, 1.165) is 22.3 Å². The highest BCUT2D eigenvalue weighted by molar-refractivity contribution is 6.45. The number of primary amides is 1. The van der Waals surface area contributed by atoms with Gasteiger partial charge in [0.25, 0.3) is 11.8 Å². The Hall–Kier alpha value is -4.52. The van der Waals surface area contributed by atoms with Crippen LogP contribution < -0.4 is 16.8 Å². The van der Waals surface area contributed by atoms with Crippen molar-refractivity contribution in [1.29, 1.82) is 0 Å². The van der Waals surface area contributed by atoms with Crippen LogP contribution in [0.25, 0.3) is 11.1 Å². The zero-order valence-corrected chi connectivity index (χ0v) is 19.7. The lowest BCUT2D eigenvalue weighted by atomic mass is 10.0. The fourth-order valence-electron chi connectivity index (χ4n) is 3.55. The van der Waals surface area contributed by atoms with Crippen LogP contribution in [-0.2, 0) is 20.8 Å². The fraction of sp³-hybridized carbons (Fsp3) is 0.143. The van der Waals surface area contributed by atoms with Crippen LogP contribution in [0.3, 0.4) is 0 Å². The molecule has 178 valence electrons. The van der Waals surface area contributed by atoms with Gasteiger partial charge in [0.1, 0.15) is 11.8 Å². The van der Waals surface area contributed by atoms with E-state index in [1.54, 1.807) is 37.3 Å². The number of nitrogens with zero attached hydrogens (tertiary/aromatic N) is 1. The lowest BCUT2D eigenvalue weighted by Gasteiger charge is -2.16. The number of aryl methyl sites for hydroxylation is 1. The molecular formula is C28H28N4O3.